The van der Waals surface area contributed by atoms with E-state index < -0.39 is 30.2 Å². The van der Waals surface area contributed by atoms with Crippen LogP contribution in [0.2, 0.25) is 0 Å². The Kier molecular flexibility index (Phi) is 9.53. The SMILES string of the molecule is CCOC(=O)C1=C(C=O)C2=C3CCC(=O)C(C3)c3cc4c(cc3CCC(CO)COc3c5c(c(CO)c(c32)O1)OC(C(C)(O)C1CCCC1)C5)=NCC=4. The molecule has 280 valence electrons. The minimum Gasteiger partial charge on any atom is -0.492 e. The molecule has 0 amide bonds. The molecule has 8 rings (SSSR count). The summed E-state index contributed by atoms with van der Waals surface area (Å²) in [6, 6.07) is 4.12. The molecule has 4 atom stereocenters. The number of aryl methyl sites for hydroxylation is 1. The molecular weight excluding hydrogens is 678 g/mol. The van der Waals surface area contributed by atoms with E-state index in [1.807, 2.05) is 13.0 Å². The molecule has 4 heterocycles. The van der Waals surface area contributed by atoms with Crippen molar-refractivity contribution >= 4 is 29.7 Å². The number of aliphatic hydroxyl groups is 3. The van der Waals surface area contributed by atoms with E-state index in [2.05, 4.69) is 17.1 Å². The number of hydrogen-bond acceptors (Lipinski definition) is 11. The van der Waals surface area contributed by atoms with Crippen molar-refractivity contribution in [1.82, 2.24) is 0 Å². The molecule has 3 N–H and O–H groups in total. The first-order valence-corrected chi connectivity index (χ1v) is 19.1. The molecule has 2 aromatic rings. The molecule has 53 heavy (non-hydrogen) atoms. The predicted molar refractivity (Wildman–Crippen MR) is 193 cm³/mol. The number of allylic oxidation sites excluding steroid dienone is 3. The van der Waals surface area contributed by atoms with Crippen molar-refractivity contribution < 1.29 is 48.7 Å². The molecule has 2 aromatic carbocycles. The molecule has 2 saturated carbocycles. The maximum Gasteiger partial charge on any atom is 0.375 e. The van der Waals surface area contributed by atoms with Crippen LogP contribution in [0.3, 0.4) is 0 Å². The number of benzene rings is 2. The summed E-state index contributed by atoms with van der Waals surface area (Å²) in [4.78, 5) is 45.4. The topological polar surface area (TPSA) is 161 Å². The number of fused-ring (bicyclic) bond motifs is 7. The molecule has 6 aliphatic rings. The monoisotopic (exact) mass is 725 g/mol. The van der Waals surface area contributed by atoms with E-state index >= 15 is 0 Å². The van der Waals surface area contributed by atoms with Crippen molar-refractivity contribution in [1.29, 1.82) is 0 Å². The number of ketones is 1. The highest BCUT2D eigenvalue weighted by molar-refractivity contribution is 6.11. The average Bonchev–Trinajstić information content (AvgIpc) is 3.96. The van der Waals surface area contributed by atoms with Crippen LogP contribution in [-0.2, 0) is 38.6 Å². The number of Topliss-reactive ketones (excluding diaryl/α,β-unsaturated/α-hetero) is 1. The number of rotatable bonds is 7. The van der Waals surface area contributed by atoms with Gasteiger partial charge >= 0.3 is 5.97 Å². The molecule has 0 saturated heterocycles. The second kappa shape index (κ2) is 14.2. The molecule has 4 unspecified atom stereocenters. The van der Waals surface area contributed by atoms with Crippen molar-refractivity contribution in [3.8, 4) is 17.2 Å². The van der Waals surface area contributed by atoms with E-state index in [-0.39, 0.29) is 79.3 Å². The first-order valence-electron chi connectivity index (χ1n) is 19.1. The Hall–Kier alpha value is -4.32. The Bertz CT molecular complexity index is 2070. The summed E-state index contributed by atoms with van der Waals surface area (Å²) in [5.41, 5.74) is 3.17. The van der Waals surface area contributed by atoms with Crippen LogP contribution in [-0.4, -0.2) is 71.4 Å². The number of hydrogen-bond donors (Lipinski definition) is 3. The van der Waals surface area contributed by atoms with Crippen molar-refractivity contribution in [3.05, 3.63) is 67.4 Å². The van der Waals surface area contributed by atoms with Gasteiger partial charge in [-0.05, 0) is 86.8 Å². The summed E-state index contributed by atoms with van der Waals surface area (Å²) in [5.74, 6) is -1.10. The van der Waals surface area contributed by atoms with Crippen LogP contribution in [0.1, 0.15) is 98.9 Å². The smallest absolute Gasteiger partial charge is 0.375 e. The van der Waals surface area contributed by atoms with Gasteiger partial charge in [0.25, 0.3) is 0 Å². The maximum absolute atomic E-state index is 13.9. The third kappa shape index (κ3) is 6.01. The van der Waals surface area contributed by atoms with Gasteiger partial charge in [0.15, 0.2) is 6.29 Å². The summed E-state index contributed by atoms with van der Waals surface area (Å²) in [6.45, 7) is 3.49. The van der Waals surface area contributed by atoms with E-state index in [9.17, 15) is 29.7 Å². The first kappa shape index (κ1) is 35.7. The fourth-order valence-electron chi connectivity index (χ4n) is 9.42. The lowest BCUT2D eigenvalue weighted by atomic mass is 9.74. The molecule has 0 aromatic heterocycles. The van der Waals surface area contributed by atoms with E-state index in [0.717, 1.165) is 53.0 Å². The van der Waals surface area contributed by atoms with Crippen LogP contribution in [0.4, 0.5) is 0 Å². The second-order valence-corrected chi connectivity index (χ2v) is 15.4. The Balaban J connectivity index is 1.39. The van der Waals surface area contributed by atoms with Crippen molar-refractivity contribution in [2.45, 2.75) is 102 Å². The van der Waals surface area contributed by atoms with Crippen LogP contribution in [0.15, 0.2) is 34.0 Å². The van der Waals surface area contributed by atoms with Gasteiger partial charge in [-0.1, -0.05) is 24.5 Å². The minimum absolute atomic E-state index is 0.0175. The van der Waals surface area contributed by atoms with Gasteiger partial charge in [-0.25, -0.2) is 4.79 Å². The number of aldehydes is 1. The predicted octanol–water partition coefficient (Wildman–Crippen LogP) is 3.47. The standard InChI is InChI=1S/C42H47NO10/c1-3-50-41(48)40-30(19-45)35-25-10-11-33(47)28(15-25)27-14-24-12-13-43-32(24)16-23(27)9-8-22(18-44)21-51-38-29-17-34(42(2,49)26-6-4-5-7-26)52-37(29)31(20-46)39(53-40)36(35)38/h12,14,16,19,22,26,28,34,44,46,49H,3-11,13,15,17-18,20-21H2,1-2H3. The Morgan fingerprint density at radius 2 is 1.89 bits per heavy atom. The summed E-state index contributed by atoms with van der Waals surface area (Å²) >= 11 is 0. The molecule has 2 bridgehead atoms. The number of esters is 1. The summed E-state index contributed by atoms with van der Waals surface area (Å²) in [6.07, 6.45) is 8.04. The van der Waals surface area contributed by atoms with Gasteiger partial charge in [-0.3, -0.25) is 14.6 Å². The van der Waals surface area contributed by atoms with Gasteiger partial charge in [0.1, 0.15) is 34.7 Å². The van der Waals surface area contributed by atoms with Crippen LogP contribution in [0.5, 0.6) is 17.2 Å². The fourth-order valence-corrected chi connectivity index (χ4v) is 9.42. The van der Waals surface area contributed by atoms with Gasteiger partial charge in [0.2, 0.25) is 5.76 Å². The highest BCUT2D eigenvalue weighted by Gasteiger charge is 2.49. The third-order valence-electron chi connectivity index (χ3n) is 12.4. The Labute approximate surface area is 308 Å². The number of carbonyl (C=O) groups is 3. The first-order chi connectivity index (χ1) is 25.7. The van der Waals surface area contributed by atoms with E-state index in [0.29, 0.717) is 60.3 Å². The molecule has 0 spiro atoms. The Morgan fingerprint density at radius 1 is 1.08 bits per heavy atom. The second-order valence-electron chi connectivity index (χ2n) is 15.4. The van der Waals surface area contributed by atoms with Crippen LogP contribution < -0.4 is 24.8 Å². The number of ether oxygens (including phenoxy) is 4. The molecule has 2 fully saturated rings. The number of aliphatic hydroxyl groups excluding tert-OH is 2. The zero-order valence-electron chi connectivity index (χ0n) is 30.4. The van der Waals surface area contributed by atoms with Crippen molar-refractivity contribution in [3.63, 3.8) is 0 Å². The largest absolute Gasteiger partial charge is 0.492 e. The van der Waals surface area contributed by atoms with E-state index in [4.69, 9.17) is 18.9 Å². The summed E-state index contributed by atoms with van der Waals surface area (Å²) < 4.78 is 25.1. The molecular formula is C42H47NO10. The fraction of sp³-hybridized carbons (Fsp3) is 0.524. The lowest BCUT2D eigenvalue weighted by Crippen LogP contribution is -2.47. The van der Waals surface area contributed by atoms with Gasteiger partial charge in [0, 0.05) is 42.4 Å². The molecule has 2 aliphatic carbocycles. The highest BCUT2D eigenvalue weighted by Crippen LogP contribution is 2.57. The van der Waals surface area contributed by atoms with Gasteiger partial charge < -0.3 is 34.3 Å². The van der Waals surface area contributed by atoms with Gasteiger partial charge in [0.05, 0.1) is 48.4 Å². The van der Waals surface area contributed by atoms with Crippen LogP contribution >= 0.6 is 0 Å². The molecule has 11 nitrogen and oxygen atoms in total. The molecule has 4 aliphatic heterocycles. The zero-order valence-corrected chi connectivity index (χ0v) is 30.4. The molecule has 11 heteroatoms. The average molecular weight is 726 g/mol. The Morgan fingerprint density at radius 3 is 2.62 bits per heavy atom. The number of nitrogens with zero attached hydrogens (tertiary/aromatic N) is 1. The van der Waals surface area contributed by atoms with Gasteiger partial charge in [-0.2, -0.15) is 0 Å². The normalized spacial score (nSPS) is 24.7. The van der Waals surface area contributed by atoms with Crippen LogP contribution in [0, 0.1) is 11.8 Å². The summed E-state index contributed by atoms with van der Waals surface area (Å²) in [5, 5.41) is 35.5. The van der Waals surface area contributed by atoms with Gasteiger partial charge in [-0.15, -0.1) is 0 Å². The van der Waals surface area contributed by atoms with E-state index in [1.54, 1.807) is 6.92 Å². The molecule has 0 radical (unpaired) electrons. The lowest BCUT2D eigenvalue weighted by molar-refractivity contribution is -0.141. The lowest BCUT2D eigenvalue weighted by Gasteiger charge is -2.35. The third-order valence-corrected chi connectivity index (χ3v) is 12.4. The maximum atomic E-state index is 13.9. The number of carbonyl (C=O) groups excluding carboxylic acids is 3. The summed E-state index contributed by atoms with van der Waals surface area (Å²) in [7, 11) is 0. The zero-order chi connectivity index (χ0) is 37.0. The quantitative estimate of drug-likeness (QED) is 0.285. The minimum atomic E-state index is -1.19. The highest BCUT2D eigenvalue weighted by atomic mass is 16.6. The van der Waals surface area contributed by atoms with E-state index in [1.165, 1.54) is 0 Å². The van der Waals surface area contributed by atoms with Crippen molar-refractivity contribution in [2.75, 3.05) is 26.4 Å². The van der Waals surface area contributed by atoms with Crippen molar-refractivity contribution in [2.24, 2.45) is 16.8 Å². The van der Waals surface area contributed by atoms with Crippen LogP contribution in [0.25, 0.3) is 11.6 Å².